The van der Waals surface area contributed by atoms with Crippen LogP contribution in [0.2, 0.25) is 0 Å². The van der Waals surface area contributed by atoms with E-state index < -0.39 is 0 Å². The Bertz CT molecular complexity index is 406. The average molecular weight is 258 g/mol. The lowest BCUT2D eigenvalue weighted by molar-refractivity contribution is 0.202. The first-order valence-electron chi connectivity index (χ1n) is 7.31. The van der Waals surface area contributed by atoms with Crippen LogP contribution >= 0.6 is 0 Å². The average Bonchev–Trinajstić information content (AvgIpc) is 2.39. The summed E-state index contributed by atoms with van der Waals surface area (Å²) in [5.74, 6) is 0.863. The van der Waals surface area contributed by atoms with Gasteiger partial charge in [0.25, 0.3) is 0 Å². The van der Waals surface area contributed by atoms with Crippen molar-refractivity contribution in [3.05, 3.63) is 35.9 Å². The summed E-state index contributed by atoms with van der Waals surface area (Å²) in [6.07, 6.45) is 7.28. The molecular formula is C17H26N2. The van der Waals surface area contributed by atoms with Gasteiger partial charge in [0.1, 0.15) is 0 Å². The van der Waals surface area contributed by atoms with E-state index in [1.165, 1.54) is 37.2 Å². The molecule has 1 atom stereocenters. The van der Waals surface area contributed by atoms with E-state index in [1.807, 2.05) is 0 Å². The van der Waals surface area contributed by atoms with E-state index >= 15 is 0 Å². The summed E-state index contributed by atoms with van der Waals surface area (Å²) in [4.78, 5) is 4.68. The van der Waals surface area contributed by atoms with Crippen LogP contribution in [0.15, 0.2) is 30.3 Å². The first-order chi connectivity index (χ1) is 9.15. The van der Waals surface area contributed by atoms with Gasteiger partial charge in [-0.15, -0.1) is 0 Å². The Hall–Kier alpha value is -1.28. The molecule has 0 amide bonds. The van der Waals surface area contributed by atoms with E-state index in [1.54, 1.807) is 0 Å². The smallest absolute Gasteiger partial charge is 0.0361 e. The minimum atomic E-state index is 0.863. The van der Waals surface area contributed by atoms with Crippen molar-refractivity contribution in [1.82, 2.24) is 4.90 Å². The van der Waals surface area contributed by atoms with Crippen molar-refractivity contribution in [1.29, 1.82) is 0 Å². The van der Waals surface area contributed by atoms with Gasteiger partial charge in [-0.25, -0.2) is 0 Å². The van der Waals surface area contributed by atoms with E-state index in [0.717, 1.165) is 12.5 Å². The Balaban J connectivity index is 1.84. The summed E-state index contributed by atoms with van der Waals surface area (Å²) in [6, 6.07) is 8.71. The van der Waals surface area contributed by atoms with Crippen LogP contribution in [0.4, 0.5) is 5.69 Å². The molecule has 0 aromatic heterocycles. The summed E-state index contributed by atoms with van der Waals surface area (Å²) >= 11 is 0. The van der Waals surface area contributed by atoms with Crippen molar-refractivity contribution in [3.63, 3.8) is 0 Å². The molecule has 0 radical (unpaired) electrons. The predicted octanol–water partition coefficient (Wildman–Crippen LogP) is 3.50. The summed E-state index contributed by atoms with van der Waals surface area (Å²) < 4.78 is 0. The second-order valence-electron chi connectivity index (χ2n) is 5.90. The molecule has 0 bridgehead atoms. The lowest BCUT2D eigenvalue weighted by atomic mass is 10.0. The normalized spacial score (nSPS) is 20.9. The summed E-state index contributed by atoms with van der Waals surface area (Å²) in [5.41, 5.74) is 2.54. The van der Waals surface area contributed by atoms with Gasteiger partial charge in [-0.3, -0.25) is 4.90 Å². The number of hydrogen-bond donors (Lipinski definition) is 0. The van der Waals surface area contributed by atoms with Crippen molar-refractivity contribution in [3.8, 4) is 0 Å². The Kier molecular flexibility index (Phi) is 5.03. The number of nitrogens with zero attached hydrogens (tertiary/aromatic N) is 2. The maximum Gasteiger partial charge on any atom is 0.0361 e. The van der Waals surface area contributed by atoms with E-state index in [-0.39, 0.29) is 0 Å². The topological polar surface area (TPSA) is 6.48 Å². The molecule has 0 saturated carbocycles. The molecule has 2 rings (SSSR count). The highest BCUT2D eigenvalue weighted by atomic mass is 15.1. The van der Waals surface area contributed by atoms with Gasteiger partial charge in [0.2, 0.25) is 0 Å². The molecule has 104 valence electrons. The molecule has 0 spiro atoms. The van der Waals surface area contributed by atoms with Gasteiger partial charge in [0.15, 0.2) is 0 Å². The van der Waals surface area contributed by atoms with Crippen LogP contribution in [0.25, 0.3) is 6.08 Å². The summed E-state index contributed by atoms with van der Waals surface area (Å²) in [7, 11) is 4.14. The molecule has 19 heavy (non-hydrogen) atoms. The molecule has 1 unspecified atom stereocenters. The summed E-state index contributed by atoms with van der Waals surface area (Å²) in [6.45, 7) is 5.95. The second-order valence-corrected chi connectivity index (χ2v) is 5.90. The molecule has 1 aliphatic rings. The zero-order valence-corrected chi connectivity index (χ0v) is 12.5. The van der Waals surface area contributed by atoms with Gasteiger partial charge in [-0.05, 0) is 43.0 Å². The Morgan fingerprint density at radius 3 is 2.63 bits per heavy atom. The molecule has 1 heterocycles. The van der Waals surface area contributed by atoms with E-state index in [0.29, 0.717) is 0 Å². The van der Waals surface area contributed by atoms with Crippen LogP contribution in [-0.2, 0) is 0 Å². The standard InChI is InChI=1S/C17H26N2/c1-15-6-4-12-19(14-15)13-5-7-16-8-10-17(11-9-16)18(2)3/h5,7-11,15H,4,6,12-14H2,1-3H3. The lowest BCUT2D eigenvalue weighted by Crippen LogP contribution is -2.34. The number of benzene rings is 1. The van der Waals surface area contributed by atoms with Gasteiger partial charge in [-0.2, -0.15) is 0 Å². The number of piperidine rings is 1. The Labute approximate surface area is 117 Å². The monoisotopic (exact) mass is 258 g/mol. The molecule has 0 N–H and O–H groups in total. The molecule has 1 aromatic rings. The molecule has 2 heteroatoms. The molecule has 2 nitrogen and oxygen atoms in total. The number of likely N-dealkylation sites (tertiary alicyclic amines) is 1. The largest absolute Gasteiger partial charge is 0.378 e. The fourth-order valence-corrected chi connectivity index (χ4v) is 2.67. The lowest BCUT2D eigenvalue weighted by Gasteiger charge is -2.29. The quantitative estimate of drug-likeness (QED) is 0.815. The number of hydrogen-bond acceptors (Lipinski definition) is 2. The van der Waals surface area contributed by atoms with Crippen molar-refractivity contribution < 1.29 is 0 Å². The van der Waals surface area contributed by atoms with Crippen LogP contribution in [0.1, 0.15) is 25.3 Å². The molecule has 0 aliphatic carbocycles. The van der Waals surface area contributed by atoms with Crippen molar-refractivity contribution in [2.45, 2.75) is 19.8 Å². The minimum Gasteiger partial charge on any atom is -0.378 e. The third-order valence-electron chi connectivity index (χ3n) is 3.82. The fraction of sp³-hybridized carbons (Fsp3) is 0.529. The summed E-state index contributed by atoms with van der Waals surface area (Å²) in [5, 5.41) is 0. The van der Waals surface area contributed by atoms with E-state index in [4.69, 9.17) is 0 Å². The first kappa shape index (κ1) is 14.1. The predicted molar refractivity (Wildman–Crippen MR) is 84.6 cm³/mol. The third kappa shape index (κ3) is 4.39. The number of anilines is 1. The molecular weight excluding hydrogens is 232 g/mol. The highest BCUT2D eigenvalue weighted by Crippen LogP contribution is 2.16. The van der Waals surface area contributed by atoms with Crippen LogP contribution in [-0.4, -0.2) is 38.6 Å². The molecule has 1 aromatic carbocycles. The van der Waals surface area contributed by atoms with Crippen LogP contribution in [0, 0.1) is 5.92 Å². The van der Waals surface area contributed by atoms with Gasteiger partial charge in [0, 0.05) is 32.9 Å². The molecule has 1 fully saturated rings. The maximum absolute atomic E-state index is 2.55. The first-order valence-corrected chi connectivity index (χ1v) is 7.31. The van der Waals surface area contributed by atoms with Gasteiger partial charge >= 0.3 is 0 Å². The highest BCUT2D eigenvalue weighted by molar-refractivity contribution is 5.55. The van der Waals surface area contributed by atoms with E-state index in [2.05, 4.69) is 67.2 Å². The fourth-order valence-electron chi connectivity index (χ4n) is 2.67. The van der Waals surface area contributed by atoms with Crippen LogP contribution in [0.5, 0.6) is 0 Å². The van der Waals surface area contributed by atoms with Gasteiger partial charge in [-0.1, -0.05) is 31.2 Å². The Morgan fingerprint density at radius 1 is 1.26 bits per heavy atom. The SMILES string of the molecule is CC1CCCN(CC=Cc2ccc(N(C)C)cc2)C1. The minimum absolute atomic E-state index is 0.863. The highest BCUT2D eigenvalue weighted by Gasteiger charge is 2.14. The van der Waals surface area contributed by atoms with Gasteiger partial charge < -0.3 is 4.90 Å². The third-order valence-corrected chi connectivity index (χ3v) is 3.82. The number of rotatable bonds is 4. The van der Waals surface area contributed by atoms with Crippen LogP contribution < -0.4 is 4.90 Å². The second kappa shape index (κ2) is 6.76. The van der Waals surface area contributed by atoms with Crippen molar-refractivity contribution in [2.24, 2.45) is 5.92 Å². The van der Waals surface area contributed by atoms with Crippen molar-refractivity contribution >= 4 is 11.8 Å². The molecule has 1 aliphatic heterocycles. The zero-order valence-electron chi connectivity index (χ0n) is 12.5. The maximum atomic E-state index is 2.55. The molecule has 1 saturated heterocycles. The van der Waals surface area contributed by atoms with E-state index in [9.17, 15) is 0 Å². The van der Waals surface area contributed by atoms with Gasteiger partial charge in [0.05, 0.1) is 0 Å². The van der Waals surface area contributed by atoms with Crippen LogP contribution in [0.3, 0.4) is 0 Å². The zero-order chi connectivity index (χ0) is 13.7. The Morgan fingerprint density at radius 2 is 2.00 bits per heavy atom. The van der Waals surface area contributed by atoms with Crippen molar-refractivity contribution in [2.75, 3.05) is 38.6 Å².